The molecule has 0 bridgehead atoms. The molecule has 6 nitrogen and oxygen atoms in total. The van der Waals surface area contributed by atoms with E-state index in [0.29, 0.717) is 55.7 Å². The van der Waals surface area contributed by atoms with Crippen molar-refractivity contribution in [2.45, 2.75) is 12.8 Å². The summed E-state index contributed by atoms with van der Waals surface area (Å²) in [5.74, 6) is 0.712. The number of Topliss-reactive ketones (excluding diaryl/α,β-unsaturated/α-hetero) is 1. The molecule has 1 atom stereocenters. The summed E-state index contributed by atoms with van der Waals surface area (Å²) in [5.41, 5.74) is 1.57. The molecule has 7 heteroatoms. The molecule has 1 unspecified atom stereocenters. The lowest BCUT2D eigenvalue weighted by molar-refractivity contribution is 0.0590. The van der Waals surface area contributed by atoms with E-state index in [0.717, 1.165) is 11.3 Å². The highest BCUT2D eigenvalue weighted by Gasteiger charge is 2.29. The molecule has 0 spiro atoms. The minimum Gasteiger partial charge on any atom is -0.494 e. The summed E-state index contributed by atoms with van der Waals surface area (Å²) in [6, 6.07) is 18.1. The number of furan rings is 1. The van der Waals surface area contributed by atoms with E-state index in [4.69, 9.17) is 20.8 Å². The second-order valence-corrected chi connectivity index (χ2v) is 8.43. The third-order valence-corrected chi connectivity index (χ3v) is 6.12. The van der Waals surface area contributed by atoms with Crippen molar-refractivity contribution in [3.63, 3.8) is 0 Å². The number of nitrogens with zero attached hydrogens (tertiary/aromatic N) is 2. The number of ketones is 1. The Morgan fingerprint density at radius 2 is 1.70 bits per heavy atom. The van der Waals surface area contributed by atoms with Crippen LogP contribution in [0, 0.1) is 0 Å². The minimum absolute atomic E-state index is 0.0504. The normalized spacial score (nSPS) is 15.3. The van der Waals surface area contributed by atoms with Crippen LogP contribution in [-0.2, 0) is 0 Å². The monoisotopic (exact) mass is 466 g/mol. The Morgan fingerprint density at radius 3 is 2.30 bits per heavy atom. The van der Waals surface area contributed by atoms with Crippen molar-refractivity contribution >= 4 is 23.3 Å². The molecule has 0 N–H and O–H groups in total. The number of ether oxygens (including phenoxy) is 1. The lowest BCUT2D eigenvalue weighted by Gasteiger charge is -2.36. The number of benzene rings is 2. The van der Waals surface area contributed by atoms with Crippen LogP contribution in [0.25, 0.3) is 0 Å². The molecule has 1 saturated heterocycles. The number of piperazine rings is 1. The Balaban J connectivity index is 1.47. The minimum atomic E-state index is -0.340. The molecule has 2 heterocycles. The first kappa shape index (κ1) is 23.1. The van der Waals surface area contributed by atoms with Crippen LogP contribution >= 0.6 is 11.6 Å². The van der Waals surface area contributed by atoms with Gasteiger partial charge >= 0.3 is 0 Å². The van der Waals surface area contributed by atoms with Crippen LogP contribution < -0.4 is 4.74 Å². The number of amides is 1. The Hall–Kier alpha value is -3.09. The van der Waals surface area contributed by atoms with Crippen molar-refractivity contribution < 1.29 is 18.7 Å². The molecule has 1 aromatic heterocycles. The molecule has 1 fully saturated rings. The Bertz CT molecular complexity index is 1060. The van der Waals surface area contributed by atoms with Gasteiger partial charge in [-0.1, -0.05) is 23.7 Å². The molecule has 2 aromatic carbocycles. The van der Waals surface area contributed by atoms with Crippen molar-refractivity contribution in [3.05, 3.63) is 88.8 Å². The van der Waals surface area contributed by atoms with Gasteiger partial charge in [0, 0.05) is 43.3 Å². The summed E-state index contributed by atoms with van der Waals surface area (Å²) in [6.07, 6.45) is 1.51. The van der Waals surface area contributed by atoms with Gasteiger partial charge in [0.2, 0.25) is 0 Å². The van der Waals surface area contributed by atoms with Gasteiger partial charge in [0.25, 0.3) is 5.91 Å². The smallest absolute Gasteiger partial charge is 0.289 e. The molecule has 172 valence electrons. The zero-order valence-electron chi connectivity index (χ0n) is 18.6. The van der Waals surface area contributed by atoms with E-state index in [-0.39, 0.29) is 17.6 Å². The van der Waals surface area contributed by atoms with Crippen LogP contribution in [0.4, 0.5) is 0 Å². The van der Waals surface area contributed by atoms with Gasteiger partial charge in [-0.2, -0.15) is 0 Å². The Morgan fingerprint density at radius 1 is 1.00 bits per heavy atom. The van der Waals surface area contributed by atoms with Gasteiger partial charge in [-0.05, 0) is 61.0 Å². The predicted molar refractivity (Wildman–Crippen MR) is 127 cm³/mol. The molecule has 1 aliphatic rings. The van der Waals surface area contributed by atoms with Crippen LogP contribution in [0.2, 0.25) is 5.02 Å². The number of rotatable bonds is 8. The maximum absolute atomic E-state index is 13.5. The van der Waals surface area contributed by atoms with Crippen molar-refractivity contribution in [2.75, 3.05) is 39.3 Å². The van der Waals surface area contributed by atoms with E-state index in [1.54, 1.807) is 17.0 Å². The molecule has 1 aliphatic heterocycles. The van der Waals surface area contributed by atoms with E-state index in [1.807, 2.05) is 55.5 Å². The summed E-state index contributed by atoms with van der Waals surface area (Å²) in [5, 5.41) is 0.635. The fourth-order valence-electron chi connectivity index (χ4n) is 4.07. The summed E-state index contributed by atoms with van der Waals surface area (Å²) in [4.78, 5) is 30.1. The van der Waals surface area contributed by atoms with E-state index in [9.17, 15) is 9.59 Å². The lowest BCUT2D eigenvalue weighted by atomic mass is 9.90. The summed E-state index contributed by atoms with van der Waals surface area (Å²) >= 11 is 6.09. The van der Waals surface area contributed by atoms with Gasteiger partial charge in [0.1, 0.15) is 5.75 Å². The van der Waals surface area contributed by atoms with Crippen LogP contribution in [0.15, 0.2) is 71.3 Å². The Kier molecular flexibility index (Phi) is 7.47. The first-order chi connectivity index (χ1) is 16.0. The number of hydrogen-bond acceptors (Lipinski definition) is 5. The van der Waals surface area contributed by atoms with E-state index in [2.05, 4.69) is 4.90 Å². The third kappa shape index (κ3) is 5.64. The Labute approximate surface area is 198 Å². The highest BCUT2D eigenvalue weighted by atomic mass is 35.5. The molecule has 33 heavy (non-hydrogen) atoms. The van der Waals surface area contributed by atoms with Crippen LogP contribution in [-0.4, -0.2) is 60.8 Å². The number of carbonyl (C=O) groups is 2. The average Bonchev–Trinajstić information content (AvgIpc) is 3.39. The summed E-state index contributed by atoms with van der Waals surface area (Å²) in [7, 11) is 0. The van der Waals surface area contributed by atoms with Crippen LogP contribution in [0.1, 0.15) is 39.3 Å². The molecule has 4 rings (SSSR count). The van der Waals surface area contributed by atoms with Gasteiger partial charge in [0.05, 0.1) is 18.8 Å². The molecule has 0 saturated carbocycles. The zero-order chi connectivity index (χ0) is 23.2. The standard InChI is InChI=1S/C26H27ClN2O4/c1-2-32-22-11-7-20(8-12-22)25(30)23(19-5-9-21(27)10-6-19)18-28-13-15-29(16-14-28)26(31)24-4-3-17-33-24/h3-12,17,23H,2,13-16,18H2,1H3. The topological polar surface area (TPSA) is 63.0 Å². The second kappa shape index (κ2) is 10.7. The maximum atomic E-state index is 13.5. The maximum Gasteiger partial charge on any atom is 0.289 e. The average molecular weight is 467 g/mol. The second-order valence-electron chi connectivity index (χ2n) is 8.00. The first-order valence-electron chi connectivity index (χ1n) is 11.1. The molecular weight excluding hydrogens is 440 g/mol. The highest BCUT2D eigenvalue weighted by Crippen LogP contribution is 2.26. The molecule has 0 radical (unpaired) electrons. The van der Waals surface area contributed by atoms with Gasteiger partial charge in [-0.15, -0.1) is 0 Å². The number of halogens is 1. The molecule has 1 amide bonds. The molecule has 3 aromatic rings. The van der Waals surface area contributed by atoms with Gasteiger partial charge < -0.3 is 14.1 Å². The summed E-state index contributed by atoms with van der Waals surface area (Å²) in [6.45, 7) is 5.62. The first-order valence-corrected chi connectivity index (χ1v) is 11.5. The van der Waals surface area contributed by atoms with Crippen molar-refractivity contribution in [3.8, 4) is 5.75 Å². The highest BCUT2D eigenvalue weighted by molar-refractivity contribution is 6.30. The van der Waals surface area contributed by atoms with E-state index >= 15 is 0 Å². The van der Waals surface area contributed by atoms with E-state index < -0.39 is 0 Å². The number of hydrogen-bond donors (Lipinski definition) is 0. The van der Waals surface area contributed by atoms with Crippen molar-refractivity contribution in [1.29, 1.82) is 0 Å². The van der Waals surface area contributed by atoms with Crippen LogP contribution in [0.3, 0.4) is 0 Å². The predicted octanol–water partition coefficient (Wildman–Crippen LogP) is 4.76. The van der Waals surface area contributed by atoms with Gasteiger partial charge in [0.15, 0.2) is 11.5 Å². The van der Waals surface area contributed by atoms with E-state index in [1.165, 1.54) is 6.26 Å². The van der Waals surface area contributed by atoms with Gasteiger partial charge in [-0.3, -0.25) is 14.5 Å². The quantitative estimate of drug-likeness (QED) is 0.448. The third-order valence-electron chi connectivity index (χ3n) is 5.87. The zero-order valence-corrected chi connectivity index (χ0v) is 19.3. The SMILES string of the molecule is CCOc1ccc(C(=O)C(CN2CCN(C(=O)c3ccco3)CC2)c2ccc(Cl)cc2)cc1. The lowest BCUT2D eigenvalue weighted by Crippen LogP contribution is -2.50. The van der Waals surface area contributed by atoms with Crippen molar-refractivity contribution in [1.82, 2.24) is 9.80 Å². The van der Waals surface area contributed by atoms with Crippen LogP contribution in [0.5, 0.6) is 5.75 Å². The van der Waals surface area contributed by atoms with Crippen molar-refractivity contribution in [2.24, 2.45) is 0 Å². The number of carbonyl (C=O) groups excluding carboxylic acids is 2. The van der Waals surface area contributed by atoms with Gasteiger partial charge in [-0.25, -0.2) is 0 Å². The largest absolute Gasteiger partial charge is 0.494 e. The fourth-order valence-corrected chi connectivity index (χ4v) is 4.19. The molecular formula is C26H27ClN2O4. The summed E-state index contributed by atoms with van der Waals surface area (Å²) < 4.78 is 10.7. The molecule has 0 aliphatic carbocycles. The fraction of sp³-hybridized carbons (Fsp3) is 0.308.